The highest BCUT2D eigenvalue weighted by atomic mass is 32.2. The molecule has 2 unspecified atom stereocenters. The highest BCUT2D eigenvalue weighted by molar-refractivity contribution is 7.88. The Morgan fingerprint density at radius 2 is 1.90 bits per heavy atom. The molecule has 0 saturated carbocycles. The second-order valence-corrected chi connectivity index (χ2v) is 10.3. The van der Waals surface area contributed by atoms with Gasteiger partial charge in [0.25, 0.3) is 0 Å². The van der Waals surface area contributed by atoms with Gasteiger partial charge in [0.05, 0.1) is 18.4 Å². The number of nitrogens with zero attached hydrogens (tertiary/aromatic N) is 1. The molecule has 0 aromatic heterocycles. The average molecular weight is 417 g/mol. The molecule has 5 nitrogen and oxygen atoms in total. The van der Waals surface area contributed by atoms with Crippen LogP contribution in [0.5, 0.6) is 0 Å². The number of rotatable bonds is 6. The molecule has 2 aliphatic rings. The third kappa shape index (κ3) is 5.18. The summed E-state index contributed by atoms with van der Waals surface area (Å²) in [4.78, 5) is 2.30. The van der Waals surface area contributed by atoms with E-state index in [1.54, 1.807) is 0 Å². The smallest absolute Gasteiger partial charge is 0.209 e. The first-order valence-corrected chi connectivity index (χ1v) is 12.0. The molecule has 0 bridgehead atoms. The van der Waals surface area contributed by atoms with E-state index < -0.39 is 15.6 Å². The van der Waals surface area contributed by atoms with Crippen LogP contribution in [0.2, 0.25) is 0 Å². The maximum Gasteiger partial charge on any atom is 0.209 e. The minimum atomic E-state index is -3.32. The lowest BCUT2D eigenvalue weighted by atomic mass is 9.81. The van der Waals surface area contributed by atoms with Gasteiger partial charge in [-0.1, -0.05) is 56.0 Å². The first kappa shape index (κ1) is 21.8. The van der Waals surface area contributed by atoms with Crippen LogP contribution in [0.15, 0.2) is 60.3 Å². The van der Waals surface area contributed by atoms with Gasteiger partial charge in [-0.3, -0.25) is 0 Å². The average Bonchev–Trinajstić information content (AvgIpc) is 2.68. The number of aliphatic hydroxyl groups excluding tert-OH is 1. The van der Waals surface area contributed by atoms with Gasteiger partial charge in [0.2, 0.25) is 10.0 Å². The van der Waals surface area contributed by atoms with Crippen LogP contribution in [0.4, 0.5) is 0 Å². The van der Waals surface area contributed by atoms with Crippen molar-refractivity contribution in [3.05, 3.63) is 71.5 Å². The number of benzene rings is 1. The van der Waals surface area contributed by atoms with Crippen LogP contribution in [0.3, 0.4) is 0 Å². The van der Waals surface area contributed by atoms with E-state index in [1.165, 1.54) is 11.8 Å². The van der Waals surface area contributed by atoms with Crippen LogP contribution < -0.4 is 4.72 Å². The Morgan fingerprint density at radius 1 is 1.28 bits per heavy atom. The van der Waals surface area contributed by atoms with Gasteiger partial charge in [0.1, 0.15) is 0 Å². The summed E-state index contributed by atoms with van der Waals surface area (Å²) in [7, 11) is -3.32. The van der Waals surface area contributed by atoms with Gasteiger partial charge in [-0.05, 0) is 48.3 Å². The summed E-state index contributed by atoms with van der Waals surface area (Å²) in [6, 6.07) is 8.23. The van der Waals surface area contributed by atoms with Gasteiger partial charge in [0.15, 0.2) is 0 Å². The van der Waals surface area contributed by atoms with Gasteiger partial charge in [-0.25, -0.2) is 13.1 Å². The Balaban J connectivity index is 1.67. The Labute approximate surface area is 174 Å². The number of hydrogen-bond donors (Lipinski definition) is 2. The number of aliphatic hydroxyl groups is 1. The topological polar surface area (TPSA) is 69.6 Å². The van der Waals surface area contributed by atoms with E-state index in [1.807, 2.05) is 38.1 Å². The van der Waals surface area contributed by atoms with Crippen LogP contribution in [0.1, 0.15) is 43.7 Å². The van der Waals surface area contributed by atoms with E-state index in [-0.39, 0.29) is 12.5 Å². The van der Waals surface area contributed by atoms with Crippen molar-refractivity contribution >= 4 is 10.0 Å². The summed E-state index contributed by atoms with van der Waals surface area (Å²) in [6.07, 6.45) is 9.39. The fourth-order valence-electron chi connectivity index (χ4n) is 4.21. The normalized spacial score (nSPS) is 25.7. The number of nitrogens with one attached hydrogen (secondary N) is 1. The Kier molecular flexibility index (Phi) is 6.36. The Hall–Kier alpha value is -1.89. The fourth-order valence-corrected chi connectivity index (χ4v) is 5.26. The molecule has 1 aliphatic heterocycles. The molecule has 1 aliphatic carbocycles. The summed E-state index contributed by atoms with van der Waals surface area (Å²) in [5.74, 6) is 0.571. The lowest BCUT2D eigenvalue weighted by Gasteiger charge is -2.39. The molecule has 1 aromatic carbocycles. The molecule has 0 spiro atoms. The van der Waals surface area contributed by atoms with Crippen molar-refractivity contribution < 1.29 is 13.5 Å². The molecule has 1 fully saturated rings. The van der Waals surface area contributed by atoms with E-state index in [0.717, 1.165) is 42.8 Å². The molecule has 6 heteroatoms. The number of piperidine rings is 1. The van der Waals surface area contributed by atoms with Crippen molar-refractivity contribution in [3.8, 4) is 0 Å². The molecule has 2 atom stereocenters. The highest BCUT2D eigenvalue weighted by Crippen LogP contribution is 2.34. The van der Waals surface area contributed by atoms with Crippen molar-refractivity contribution in [3.63, 3.8) is 0 Å². The standard InChI is InChI=1S/C23H32N2O3S/c1-17-5-8-22(15-23(17,3)24-29(4,27)28)18(2)25-13-11-21(12-14-25)20-9-6-19(16-26)7-10-20/h5-10,15,17,21,24,26H,2,11-14,16H2,1,3-4H3. The Bertz CT molecular complexity index is 910. The summed E-state index contributed by atoms with van der Waals surface area (Å²) in [6.45, 7) is 10.2. The maximum absolute atomic E-state index is 11.8. The van der Waals surface area contributed by atoms with Crippen molar-refractivity contribution in [1.29, 1.82) is 0 Å². The molecule has 0 radical (unpaired) electrons. The summed E-state index contributed by atoms with van der Waals surface area (Å²) < 4.78 is 26.4. The number of likely N-dealkylation sites (tertiary alicyclic amines) is 1. The van der Waals surface area contributed by atoms with Gasteiger partial charge < -0.3 is 10.0 Å². The molecule has 2 N–H and O–H groups in total. The molecule has 1 saturated heterocycles. The van der Waals surface area contributed by atoms with Crippen LogP contribution in [0.25, 0.3) is 0 Å². The second-order valence-electron chi connectivity index (χ2n) is 8.51. The van der Waals surface area contributed by atoms with E-state index in [4.69, 9.17) is 0 Å². The van der Waals surface area contributed by atoms with Crippen molar-refractivity contribution in [1.82, 2.24) is 9.62 Å². The van der Waals surface area contributed by atoms with Crippen molar-refractivity contribution in [2.24, 2.45) is 5.92 Å². The number of allylic oxidation sites excluding steroid dienone is 1. The third-order valence-corrected chi connectivity index (χ3v) is 7.03. The van der Waals surface area contributed by atoms with Crippen LogP contribution in [0, 0.1) is 5.92 Å². The Morgan fingerprint density at radius 3 is 2.45 bits per heavy atom. The van der Waals surface area contributed by atoms with Gasteiger partial charge in [-0.2, -0.15) is 0 Å². The number of hydrogen-bond acceptors (Lipinski definition) is 4. The monoisotopic (exact) mass is 416 g/mol. The van der Waals surface area contributed by atoms with Crippen molar-refractivity contribution in [2.75, 3.05) is 19.3 Å². The molecular formula is C23H32N2O3S. The summed E-state index contributed by atoms with van der Waals surface area (Å²) in [5, 5.41) is 9.21. The lowest BCUT2D eigenvalue weighted by molar-refractivity contribution is 0.267. The minimum Gasteiger partial charge on any atom is -0.392 e. The molecule has 158 valence electrons. The predicted octanol–water partition coefficient (Wildman–Crippen LogP) is 3.31. The van der Waals surface area contributed by atoms with Crippen LogP contribution >= 0.6 is 0 Å². The maximum atomic E-state index is 11.8. The zero-order valence-electron chi connectivity index (χ0n) is 17.6. The zero-order chi connectivity index (χ0) is 21.2. The molecule has 3 rings (SSSR count). The number of sulfonamides is 1. The van der Waals surface area contributed by atoms with E-state index >= 15 is 0 Å². The van der Waals surface area contributed by atoms with Gasteiger partial charge >= 0.3 is 0 Å². The largest absolute Gasteiger partial charge is 0.392 e. The van der Waals surface area contributed by atoms with Gasteiger partial charge in [-0.15, -0.1) is 0 Å². The molecule has 1 heterocycles. The quantitative estimate of drug-likeness (QED) is 0.746. The minimum absolute atomic E-state index is 0.0569. The van der Waals surface area contributed by atoms with Crippen molar-refractivity contribution in [2.45, 2.75) is 44.8 Å². The van der Waals surface area contributed by atoms with E-state index in [2.05, 4.69) is 34.4 Å². The fraction of sp³-hybridized carbons (Fsp3) is 0.478. The zero-order valence-corrected chi connectivity index (χ0v) is 18.4. The summed E-state index contributed by atoms with van der Waals surface area (Å²) >= 11 is 0. The molecular weight excluding hydrogens is 384 g/mol. The molecule has 1 aromatic rings. The van der Waals surface area contributed by atoms with E-state index in [9.17, 15) is 13.5 Å². The summed E-state index contributed by atoms with van der Waals surface area (Å²) in [5.41, 5.74) is 3.53. The predicted molar refractivity (Wildman–Crippen MR) is 118 cm³/mol. The highest BCUT2D eigenvalue weighted by Gasteiger charge is 2.34. The van der Waals surface area contributed by atoms with Crippen LogP contribution in [-0.4, -0.2) is 43.3 Å². The third-order valence-electron chi connectivity index (χ3n) is 6.21. The molecule has 29 heavy (non-hydrogen) atoms. The molecule has 0 amide bonds. The first-order valence-electron chi connectivity index (χ1n) is 10.2. The van der Waals surface area contributed by atoms with E-state index in [0.29, 0.717) is 5.92 Å². The lowest BCUT2D eigenvalue weighted by Crippen LogP contribution is -2.49. The second kappa shape index (κ2) is 8.46. The van der Waals surface area contributed by atoms with Gasteiger partial charge in [0, 0.05) is 18.8 Å². The van der Waals surface area contributed by atoms with Crippen LogP contribution in [-0.2, 0) is 16.6 Å². The SMILES string of the molecule is C=C(C1=CC(C)(NS(C)(=O)=O)C(C)C=C1)N1CCC(c2ccc(CO)cc2)CC1. The first-order chi connectivity index (χ1) is 13.6.